The maximum absolute atomic E-state index is 13.7. The molecule has 0 unspecified atom stereocenters. The highest BCUT2D eigenvalue weighted by molar-refractivity contribution is 5.29. The SMILES string of the molecule is Fc1cc([C@H]2CC[C@H](C=CCCC(F)F)CC2)ccc1C(F)(F)F. The first-order valence-electron chi connectivity index (χ1n) is 8.09. The Kier molecular flexibility index (Phi) is 6.35. The Labute approximate surface area is 137 Å². The summed E-state index contributed by atoms with van der Waals surface area (Å²) >= 11 is 0. The Bertz CT molecular complexity index is 553. The van der Waals surface area contributed by atoms with Crippen molar-refractivity contribution in [2.45, 2.75) is 57.0 Å². The lowest BCUT2D eigenvalue weighted by molar-refractivity contribution is -0.140. The fourth-order valence-corrected chi connectivity index (χ4v) is 3.17. The van der Waals surface area contributed by atoms with E-state index in [2.05, 4.69) is 0 Å². The van der Waals surface area contributed by atoms with Gasteiger partial charge in [0.2, 0.25) is 6.43 Å². The van der Waals surface area contributed by atoms with Gasteiger partial charge in [0.25, 0.3) is 0 Å². The van der Waals surface area contributed by atoms with Gasteiger partial charge in [-0.25, -0.2) is 13.2 Å². The molecule has 0 atom stereocenters. The number of hydrogen-bond donors (Lipinski definition) is 0. The summed E-state index contributed by atoms with van der Waals surface area (Å²) in [7, 11) is 0. The second-order valence-electron chi connectivity index (χ2n) is 6.25. The monoisotopic (exact) mass is 350 g/mol. The number of allylic oxidation sites excluding steroid dienone is 2. The van der Waals surface area contributed by atoms with E-state index < -0.39 is 24.0 Å². The zero-order valence-electron chi connectivity index (χ0n) is 13.1. The van der Waals surface area contributed by atoms with Crippen LogP contribution in [0.5, 0.6) is 0 Å². The Morgan fingerprint density at radius 2 is 1.75 bits per heavy atom. The van der Waals surface area contributed by atoms with Crippen LogP contribution < -0.4 is 0 Å². The maximum atomic E-state index is 13.7. The minimum atomic E-state index is -4.68. The fraction of sp³-hybridized carbons (Fsp3) is 0.556. The van der Waals surface area contributed by atoms with Gasteiger partial charge in [-0.15, -0.1) is 0 Å². The molecule has 0 amide bonds. The third-order valence-corrected chi connectivity index (χ3v) is 4.50. The van der Waals surface area contributed by atoms with Crippen molar-refractivity contribution in [2.24, 2.45) is 5.92 Å². The number of rotatable bonds is 5. The van der Waals surface area contributed by atoms with Crippen molar-refractivity contribution in [2.75, 3.05) is 0 Å². The van der Waals surface area contributed by atoms with E-state index >= 15 is 0 Å². The largest absolute Gasteiger partial charge is 0.419 e. The van der Waals surface area contributed by atoms with Crippen LogP contribution in [0.4, 0.5) is 26.3 Å². The summed E-state index contributed by atoms with van der Waals surface area (Å²) in [5.41, 5.74) is -0.637. The van der Waals surface area contributed by atoms with Crippen LogP contribution in [0.25, 0.3) is 0 Å². The average molecular weight is 350 g/mol. The predicted octanol–water partition coefficient (Wildman–Crippen LogP) is 6.72. The summed E-state index contributed by atoms with van der Waals surface area (Å²) in [4.78, 5) is 0. The number of hydrogen-bond acceptors (Lipinski definition) is 0. The highest BCUT2D eigenvalue weighted by atomic mass is 19.4. The highest BCUT2D eigenvalue weighted by Gasteiger charge is 2.34. The molecule has 0 bridgehead atoms. The molecule has 0 aliphatic heterocycles. The van der Waals surface area contributed by atoms with Crippen molar-refractivity contribution < 1.29 is 26.3 Å². The standard InChI is InChI=1S/C18H20F6/c19-16-11-14(9-10-15(16)18(22,23)24)13-7-5-12(6-8-13)3-1-2-4-17(20)21/h1,3,9-13,17H,2,4-8H2/t12-,13-. The molecular weight excluding hydrogens is 330 g/mol. The maximum Gasteiger partial charge on any atom is 0.419 e. The van der Waals surface area contributed by atoms with Gasteiger partial charge >= 0.3 is 6.18 Å². The second-order valence-corrected chi connectivity index (χ2v) is 6.25. The van der Waals surface area contributed by atoms with E-state index in [9.17, 15) is 26.3 Å². The first kappa shape index (κ1) is 18.9. The van der Waals surface area contributed by atoms with Crippen LogP contribution in [0.2, 0.25) is 0 Å². The first-order chi connectivity index (χ1) is 11.3. The lowest BCUT2D eigenvalue weighted by atomic mass is 9.78. The quantitative estimate of drug-likeness (QED) is 0.408. The lowest BCUT2D eigenvalue weighted by Gasteiger charge is -2.27. The summed E-state index contributed by atoms with van der Waals surface area (Å²) in [6.45, 7) is 0. The van der Waals surface area contributed by atoms with Crippen molar-refractivity contribution in [1.29, 1.82) is 0 Å². The molecule has 1 aromatic carbocycles. The molecule has 1 aliphatic rings. The van der Waals surface area contributed by atoms with E-state index in [-0.39, 0.29) is 12.3 Å². The Hall–Kier alpha value is -1.46. The van der Waals surface area contributed by atoms with E-state index in [1.165, 1.54) is 6.07 Å². The van der Waals surface area contributed by atoms with Crippen LogP contribution >= 0.6 is 0 Å². The van der Waals surface area contributed by atoms with Gasteiger partial charge in [-0.1, -0.05) is 18.2 Å². The van der Waals surface area contributed by atoms with Crippen molar-refractivity contribution in [3.05, 3.63) is 47.3 Å². The Morgan fingerprint density at radius 3 is 2.29 bits per heavy atom. The van der Waals surface area contributed by atoms with Crippen molar-refractivity contribution in [3.8, 4) is 0 Å². The summed E-state index contributed by atoms with van der Waals surface area (Å²) < 4.78 is 75.5. The molecular formula is C18H20F6. The van der Waals surface area contributed by atoms with Crippen molar-refractivity contribution >= 4 is 0 Å². The molecule has 1 saturated carbocycles. The fourth-order valence-electron chi connectivity index (χ4n) is 3.17. The Balaban J connectivity index is 1.89. The zero-order chi connectivity index (χ0) is 17.7. The molecule has 0 aromatic heterocycles. The molecule has 0 N–H and O–H groups in total. The molecule has 1 aromatic rings. The number of benzene rings is 1. The average Bonchev–Trinajstić information content (AvgIpc) is 2.50. The molecule has 1 fully saturated rings. The smallest absolute Gasteiger partial charge is 0.211 e. The van der Waals surface area contributed by atoms with Crippen LogP contribution in [0.1, 0.15) is 55.6 Å². The predicted molar refractivity (Wildman–Crippen MR) is 80.5 cm³/mol. The summed E-state index contributed by atoms with van der Waals surface area (Å²) in [5, 5.41) is 0. The number of halogens is 6. The molecule has 134 valence electrons. The Morgan fingerprint density at radius 1 is 1.08 bits per heavy atom. The van der Waals surface area contributed by atoms with Gasteiger partial charge in [0.1, 0.15) is 5.82 Å². The van der Waals surface area contributed by atoms with E-state index in [4.69, 9.17) is 0 Å². The minimum Gasteiger partial charge on any atom is -0.211 e. The van der Waals surface area contributed by atoms with Gasteiger partial charge in [-0.05, 0) is 61.6 Å². The molecule has 6 heteroatoms. The summed E-state index contributed by atoms with van der Waals surface area (Å²) in [5.74, 6) is -0.875. The van der Waals surface area contributed by atoms with E-state index in [1.54, 1.807) is 6.08 Å². The van der Waals surface area contributed by atoms with Crippen LogP contribution in [0, 0.1) is 11.7 Å². The van der Waals surface area contributed by atoms with Gasteiger partial charge in [0, 0.05) is 6.42 Å². The normalized spacial score (nSPS) is 22.5. The van der Waals surface area contributed by atoms with Gasteiger partial charge in [-0.2, -0.15) is 13.2 Å². The zero-order valence-corrected chi connectivity index (χ0v) is 13.1. The first-order valence-corrected chi connectivity index (χ1v) is 8.09. The molecule has 2 rings (SSSR count). The van der Waals surface area contributed by atoms with E-state index in [0.29, 0.717) is 17.9 Å². The van der Waals surface area contributed by atoms with E-state index in [1.807, 2.05) is 6.08 Å². The minimum absolute atomic E-state index is 0.0486. The van der Waals surface area contributed by atoms with Crippen LogP contribution in [-0.4, -0.2) is 6.43 Å². The van der Waals surface area contributed by atoms with Gasteiger partial charge in [0.15, 0.2) is 0 Å². The van der Waals surface area contributed by atoms with Crippen LogP contribution in [0.3, 0.4) is 0 Å². The number of alkyl halides is 5. The second kappa shape index (κ2) is 8.08. The third kappa shape index (κ3) is 5.28. The topological polar surface area (TPSA) is 0 Å². The molecule has 24 heavy (non-hydrogen) atoms. The van der Waals surface area contributed by atoms with E-state index in [0.717, 1.165) is 37.8 Å². The summed E-state index contributed by atoms with van der Waals surface area (Å²) in [6.07, 6.45) is 0.142. The van der Waals surface area contributed by atoms with Gasteiger partial charge in [0.05, 0.1) is 5.56 Å². The van der Waals surface area contributed by atoms with Crippen molar-refractivity contribution in [1.82, 2.24) is 0 Å². The third-order valence-electron chi connectivity index (χ3n) is 4.50. The lowest BCUT2D eigenvalue weighted by Crippen LogP contribution is -2.13. The van der Waals surface area contributed by atoms with Crippen LogP contribution in [-0.2, 0) is 6.18 Å². The molecule has 0 saturated heterocycles. The summed E-state index contributed by atoms with van der Waals surface area (Å²) in [6, 6.07) is 3.16. The van der Waals surface area contributed by atoms with Crippen molar-refractivity contribution in [3.63, 3.8) is 0 Å². The van der Waals surface area contributed by atoms with Gasteiger partial charge < -0.3 is 0 Å². The molecule has 0 heterocycles. The molecule has 1 aliphatic carbocycles. The molecule has 0 radical (unpaired) electrons. The van der Waals surface area contributed by atoms with Gasteiger partial charge in [-0.3, -0.25) is 0 Å². The molecule has 0 nitrogen and oxygen atoms in total. The highest BCUT2D eigenvalue weighted by Crippen LogP contribution is 2.38. The molecule has 0 spiro atoms. The van der Waals surface area contributed by atoms with Crippen LogP contribution in [0.15, 0.2) is 30.4 Å².